The molecule has 0 aromatic heterocycles. The summed E-state index contributed by atoms with van der Waals surface area (Å²) >= 11 is 0. The Labute approximate surface area is 105 Å². The van der Waals surface area contributed by atoms with Crippen molar-refractivity contribution < 1.29 is 14.6 Å². The minimum Gasteiger partial charge on any atom is -0.385 e. The molecule has 18 heavy (non-hydrogen) atoms. The zero-order valence-electron chi connectivity index (χ0n) is 10.0. The van der Waals surface area contributed by atoms with Crippen LogP contribution in [0.25, 0.3) is 0 Å². The molecule has 0 aliphatic heterocycles. The summed E-state index contributed by atoms with van der Waals surface area (Å²) in [7, 11) is 0. The summed E-state index contributed by atoms with van der Waals surface area (Å²) < 4.78 is 13.1. The van der Waals surface area contributed by atoms with Gasteiger partial charge < -0.3 is 10.2 Å². The highest BCUT2D eigenvalue weighted by molar-refractivity contribution is 5.28. The van der Waals surface area contributed by atoms with Gasteiger partial charge in [0.1, 0.15) is 18.0 Å². The molecule has 2 aromatic carbocycles. The highest BCUT2D eigenvalue weighted by Crippen LogP contribution is 2.29. The van der Waals surface area contributed by atoms with Crippen molar-refractivity contribution in [2.45, 2.75) is 19.1 Å². The van der Waals surface area contributed by atoms with Crippen LogP contribution in [0.2, 0.25) is 0 Å². The van der Waals surface area contributed by atoms with Crippen LogP contribution in [-0.2, 0) is 0 Å². The van der Waals surface area contributed by atoms with Gasteiger partial charge in [-0.25, -0.2) is 4.39 Å². The van der Waals surface area contributed by atoms with Gasteiger partial charge in [0.15, 0.2) is 0 Å². The van der Waals surface area contributed by atoms with Gasteiger partial charge in [-0.2, -0.15) is 0 Å². The van der Waals surface area contributed by atoms with E-state index in [0.29, 0.717) is 16.7 Å². The number of halogens is 1. The van der Waals surface area contributed by atoms with E-state index in [-0.39, 0.29) is 5.82 Å². The van der Waals surface area contributed by atoms with E-state index in [1.54, 1.807) is 37.3 Å². The molecule has 0 fully saturated rings. The molecule has 0 radical (unpaired) electrons. The van der Waals surface area contributed by atoms with Crippen LogP contribution in [0.4, 0.5) is 4.39 Å². The average molecular weight is 246 g/mol. The Balaban J connectivity index is 2.25. The number of hydrogen-bond donors (Lipinski definition) is 2. The highest BCUT2D eigenvalue weighted by atomic mass is 19.1. The van der Waals surface area contributed by atoms with Gasteiger partial charge in [0.05, 0.1) is 0 Å². The SMILES string of the molecule is Cc1cc(C(O)C(O)c2ccccc2)ccc1F. The van der Waals surface area contributed by atoms with E-state index < -0.39 is 12.2 Å². The molecule has 94 valence electrons. The molecule has 0 saturated heterocycles. The van der Waals surface area contributed by atoms with E-state index in [4.69, 9.17) is 0 Å². The standard InChI is InChI=1S/C15H15FO2/c1-10-9-12(7-8-13(10)16)15(18)14(17)11-5-3-2-4-6-11/h2-9,14-15,17-18H,1H3. The normalized spacial score (nSPS) is 14.2. The van der Waals surface area contributed by atoms with Crippen molar-refractivity contribution in [3.05, 3.63) is 71.0 Å². The van der Waals surface area contributed by atoms with Gasteiger partial charge >= 0.3 is 0 Å². The first-order chi connectivity index (χ1) is 8.59. The lowest BCUT2D eigenvalue weighted by Crippen LogP contribution is -2.10. The summed E-state index contributed by atoms with van der Waals surface area (Å²) in [4.78, 5) is 0. The second kappa shape index (κ2) is 5.29. The molecule has 2 atom stereocenters. The minimum atomic E-state index is -1.06. The largest absolute Gasteiger partial charge is 0.385 e. The number of benzene rings is 2. The molecule has 0 bridgehead atoms. The van der Waals surface area contributed by atoms with Crippen molar-refractivity contribution in [2.24, 2.45) is 0 Å². The lowest BCUT2D eigenvalue weighted by molar-refractivity contribution is 0.0172. The van der Waals surface area contributed by atoms with E-state index in [0.717, 1.165) is 0 Å². The lowest BCUT2D eigenvalue weighted by Gasteiger charge is -2.19. The third-order valence-electron chi connectivity index (χ3n) is 2.96. The van der Waals surface area contributed by atoms with Crippen LogP contribution in [0.3, 0.4) is 0 Å². The second-order valence-corrected chi connectivity index (χ2v) is 4.31. The quantitative estimate of drug-likeness (QED) is 0.874. The molecule has 2 aromatic rings. The summed E-state index contributed by atoms with van der Waals surface area (Å²) in [6.45, 7) is 1.63. The molecule has 0 saturated carbocycles. The van der Waals surface area contributed by atoms with Gasteiger partial charge in [-0.3, -0.25) is 0 Å². The fourth-order valence-electron chi connectivity index (χ4n) is 1.87. The van der Waals surface area contributed by atoms with Gasteiger partial charge in [-0.05, 0) is 29.7 Å². The Morgan fingerprint density at radius 1 is 0.889 bits per heavy atom. The fourth-order valence-corrected chi connectivity index (χ4v) is 1.87. The van der Waals surface area contributed by atoms with E-state index in [1.807, 2.05) is 6.07 Å². The molecular formula is C15H15FO2. The maximum atomic E-state index is 13.1. The Kier molecular flexibility index (Phi) is 3.75. The van der Waals surface area contributed by atoms with Crippen LogP contribution in [-0.4, -0.2) is 10.2 Å². The molecule has 2 unspecified atom stereocenters. The first-order valence-corrected chi connectivity index (χ1v) is 5.76. The van der Waals surface area contributed by atoms with E-state index in [2.05, 4.69) is 0 Å². The van der Waals surface area contributed by atoms with Crippen molar-refractivity contribution in [3.8, 4) is 0 Å². The Morgan fingerprint density at radius 3 is 2.11 bits per heavy atom. The molecule has 0 amide bonds. The van der Waals surface area contributed by atoms with Crippen LogP contribution in [0.15, 0.2) is 48.5 Å². The summed E-state index contributed by atoms with van der Waals surface area (Å²) in [6, 6.07) is 13.2. The number of aliphatic hydroxyl groups is 2. The molecule has 0 aliphatic rings. The zero-order valence-corrected chi connectivity index (χ0v) is 10.0. The molecule has 2 N–H and O–H groups in total. The van der Waals surface area contributed by atoms with Crippen molar-refractivity contribution in [1.82, 2.24) is 0 Å². The number of hydrogen-bond acceptors (Lipinski definition) is 2. The Hall–Kier alpha value is -1.71. The third kappa shape index (κ3) is 2.58. The van der Waals surface area contributed by atoms with E-state index in [9.17, 15) is 14.6 Å². The smallest absolute Gasteiger partial charge is 0.126 e. The Bertz CT molecular complexity index is 525. The first kappa shape index (κ1) is 12.7. The van der Waals surface area contributed by atoms with Gasteiger partial charge in [0.25, 0.3) is 0 Å². The monoisotopic (exact) mass is 246 g/mol. The average Bonchev–Trinajstić information content (AvgIpc) is 2.41. The maximum absolute atomic E-state index is 13.1. The van der Waals surface area contributed by atoms with Crippen molar-refractivity contribution in [1.29, 1.82) is 0 Å². The van der Waals surface area contributed by atoms with Crippen LogP contribution in [0.1, 0.15) is 28.9 Å². The van der Waals surface area contributed by atoms with Crippen LogP contribution in [0, 0.1) is 12.7 Å². The molecule has 0 spiro atoms. The molecule has 3 heteroatoms. The zero-order chi connectivity index (χ0) is 13.1. The van der Waals surface area contributed by atoms with Crippen LogP contribution < -0.4 is 0 Å². The summed E-state index contributed by atoms with van der Waals surface area (Å²) in [6.07, 6.45) is -2.08. The van der Waals surface area contributed by atoms with E-state index >= 15 is 0 Å². The third-order valence-corrected chi connectivity index (χ3v) is 2.96. The van der Waals surface area contributed by atoms with Crippen molar-refractivity contribution in [2.75, 3.05) is 0 Å². The number of aliphatic hydroxyl groups excluding tert-OH is 2. The predicted molar refractivity (Wildman–Crippen MR) is 67.5 cm³/mol. The summed E-state index contributed by atoms with van der Waals surface area (Å²) in [5.74, 6) is -0.319. The highest BCUT2D eigenvalue weighted by Gasteiger charge is 2.20. The molecule has 2 nitrogen and oxygen atoms in total. The van der Waals surface area contributed by atoms with Gasteiger partial charge in [-0.15, -0.1) is 0 Å². The maximum Gasteiger partial charge on any atom is 0.126 e. The van der Waals surface area contributed by atoms with Crippen molar-refractivity contribution in [3.63, 3.8) is 0 Å². The lowest BCUT2D eigenvalue weighted by atomic mass is 9.97. The fraction of sp³-hybridized carbons (Fsp3) is 0.200. The Morgan fingerprint density at radius 2 is 1.50 bits per heavy atom. The van der Waals surface area contributed by atoms with Gasteiger partial charge in [0, 0.05) is 0 Å². The van der Waals surface area contributed by atoms with Gasteiger partial charge in [-0.1, -0.05) is 42.5 Å². The molecule has 0 aliphatic carbocycles. The van der Waals surface area contributed by atoms with Crippen molar-refractivity contribution >= 4 is 0 Å². The number of rotatable bonds is 3. The second-order valence-electron chi connectivity index (χ2n) is 4.31. The van der Waals surface area contributed by atoms with E-state index in [1.165, 1.54) is 12.1 Å². The molecule has 2 rings (SSSR count). The minimum absolute atomic E-state index is 0.319. The van der Waals surface area contributed by atoms with Crippen LogP contribution in [0.5, 0.6) is 0 Å². The number of aryl methyl sites for hydroxylation is 1. The first-order valence-electron chi connectivity index (χ1n) is 5.76. The van der Waals surface area contributed by atoms with Gasteiger partial charge in [0.2, 0.25) is 0 Å². The summed E-state index contributed by atoms with van der Waals surface area (Å²) in [5, 5.41) is 20.1. The predicted octanol–water partition coefficient (Wildman–Crippen LogP) is 2.90. The molecular weight excluding hydrogens is 231 g/mol. The molecule has 0 heterocycles. The van der Waals surface area contributed by atoms with Crippen LogP contribution >= 0.6 is 0 Å². The topological polar surface area (TPSA) is 40.5 Å². The summed E-state index contributed by atoms with van der Waals surface area (Å²) in [5.41, 5.74) is 1.59.